The first-order valence-electron chi connectivity index (χ1n) is 5.77. The zero-order valence-electron chi connectivity index (χ0n) is 9.85. The van der Waals surface area contributed by atoms with Gasteiger partial charge in [-0.15, -0.1) is 0 Å². The van der Waals surface area contributed by atoms with Crippen molar-refractivity contribution in [2.75, 3.05) is 13.2 Å². The molecule has 1 aromatic carbocycles. The number of benzene rings is 1. The first kappa shape index (κ1) is 11.4. The monoisotopic (exact) mass is 218 g/mol. The van der Waals surface area contributed by atoms with Crippen LogP contribution < -0.4 is 0 Å². The van der Waals surface area contributed by atoms with Crippen LogP contribution in [0.1, 0.15) is 19.4 Å². The minimum Gasteiger partial charge on any atom is -0.346 e. The van der Waals surface area contributed by atoms with Crippen molar-refractivity contribution >= 4 is 5.57 Å². The molecule has 1 saturated heterocycles. The Morgan fingerprint density at radius 2 is 1.81 bits per heavy atom. The average molecular weight is 218 g/mol. The summed E-state index contributed by atoms with van der Waals surface area (Å²) in [6.07, 6.45) is 2.02. The maximum atomic E-state index is 5.58. The van der Waals surface area contributed by atoms with Gasteiger partial charge in [-0.05, 0) is 11.5 Å². The molecule has 0 spiro atoms. The van der Waals surface area contributed by atoms with Crippen molar-refractivity contribution in [2.24, 2.45) is 5.92 Å². The third kappa shape index (κ3) is 2.71. The molecular weight excluding hydrogens is 200 g/mol. The van der Waals surface area contributed by atoms with Gasteiger partial charge in [-0.3, -0.25) is 0 Å². The summed E-state index contributed by atoms with van der Waals surface area (Å²) in [5.74, 6) is 0.489. The second-order valence-corrected chi connectivity index (χ2v) is 4.31. The predicted molar refractivity (Wildman–Crippen MR) is 64.9 cm³/mol. The molecule has 1 aliphatic rings. The highest BCUT2D eigenvalue weighted by molar-refractivity contribution is 5.68. The van der Waals surface area contributed by atoms with E-state index in [1.54, 1.807) is 0 Å². The van der Waals surface area contributed by atoms with Crippen molar-refractivity contribution in [2.45, 2.75) is 20.1 Å². The van der Waals surface area contributed by atoms with Crippen LogP contribution in [-0.4, -0.2) is 19.5 Å². The summed E-state index contributed by atoms with van der Waals surface area (Å²) in [5.41, 5.74) is 2.33. The summed E-state index contributed by atoms with van der Waals surface area (Å²) in [7, 11) is 0. The highest BCUT2D eigenvalue weighted by Crippen LogP contribution is 2.25. The zero-order chi connectivity index (χ0) is 11.4. The summed E-state index contributed by atoms with van der Waals surface area (Å²) in [5, 5.41) is 0. The van der Waals surface area contributed by atoms with E-state index in [1.807, 2.05) is 18.2 Å². The quantitative estimate of drug-likeness (QED) is 0.776. The summed E-state index contributed by atoms with van der Waals surface area (Å²) >= 11 is 0. The molecule has 0 aliphatic carbocycles. The van der Waals surface area contributed by atoms with Crippen molar-refractivity contribution in [1.29, 1.82) is 0 Å². The fraction of sp³-hybridized carbons (Fsp3) is 0.429. The highest BCUT2D eigenvalue weighted by Gasteiger charge is 2.22. The number of ether oxygens (including phenoxy) is 2. The van der Waals surface area contributed by atoms with Gasteiger partial charge in [0.05, 0.1) is 13.2 Å². The van der Waals surface area contributed by atoms with Gasteiger partial charge in [0.15, 0.2) is 6.29 Å². The summed E-state index contributed by atoms with van der Waals surface area (Å²) in [6.45, 7) is 5.70. The Hall–Kier alpha value is -1.12. The van der Waals surface area contributed by atoms with E-state index < -0.39 is 0 Å². The molecule has 1 aliphatic heterocycles. The van der Waals surface area contributed by atoms with Gasteiger partial charge in [-0.2, -0.15) is 0 Å². The number of hydrogen-bond acceptors (Lipinski definition) is 2. The maximum absolute atomic E-state index is 5.58. The Morgan fingerprint density at radius 3 is 2.38 bits per heavy atom. The van der Waals surface area contributed by atoms with Gasteiger partial charge in [-0.25, -0.2) is 0 Å². The van der Waals surface area contributed by atoms with Crippen molar-refractivity contribution < 1.29 is 9.47 Å². The van der Waals surface area contributed by atoms with Gasteiger partial charge in [0.25, 0.3) is 0 Å². The largest absolute Gasteiger partial charge is 0.346 e. The molecule has 2 nitrogen and oxygen atoms in total. The maximum Gasteiger partial charge on any atom is 0.184 e. The van der Waals surface area contributed by atoms with Gasteiger partial charge in [0, 0.05) is 5.57 Å². The van der Waals surface area contributed by atoms with E-state index in [9.17, 15) is 0 Å². The van der Waals surface area contributed by atoms with E-state index in [1.165, 1.54) is 5.56 Å². The lowest BCUT2D eigenvalue weighted by molar-refractivity contribution is 0.00664. The molecule has 1 heterocycles. The molecule has 0 aromatic heterocycles. The van der Waals surface area contributed by atoms with E-state index >= 15 is 0 Å². The number of rotatable bonds is 3. The van der Waals surface area contributed by atoms with Crippen LogP contribution in [0.25, 0.3) is 5.57 Å². The fourth-order valence-electron chi connectivity index (χ4n) is 1.84. The summed E-state index contributed by atoms with van der Waals surface area (Å²) in [4.78, 5) is 0. The smallest absolute Gasteiger partial charge is 0.184 e. The van der Waals surface area contributed by atoms with Crippen LogP contribution in [-0.2, 0) is 9.47 Å². The lowest BCUT2D eigenvalue weighted by Crippen LogP contribution is -2.11. The average Bonchev–Trinajstić information content (AvgIpc) is 2.80. The second-order valence-electron chi connectivity index (χ2n) is 4.31. The Kier molecular flexibility index (Phi) is 3.75. The molecule has 0 N–H and O–H groups in total. The molecule has 0 radical (unpaired) electrons. The molecule has 2 rings (SSSR count). The van der Waals surface area contributed by atoms with E-state index in [0.29, 0.717) is 19.1 Å². The van der Waals surface area contributed by atoms with Crippen LogP contribution >= 0.6 is 0 Å². The van der Waals surface area contributed by atoms with Crippen molar-refractivity contribution in [1.82, 2.24) is 0 Å². The summed E-state index contributed by atoms with van der Waals surface area (Å²) in [6, 6.07) is 10.3. The lowest BCUT2D eigenvalue weighted by Gasteiger charge is -2.15. The highest BCUT2D eigenvalue weighted by atomic mass is 16.7. The van der Waals surface area contributed by atoms with Crippen molar-refractivity contribution in [3.05, 3.63) is 42.0 Å². The van der Waals surface area contributed by atoms with E-state index in [4.69, 9.17) is 9.47 Å². The molecule has 86 valence electrons. The van der Waals surface area contributed by atoms with Gasteiger partial charge in [-0.1, -0.05) is 50.3 Å². The number of allylic oxidation sites excluding steroid dienone is 1. The Bertz CT molecular complexity index is 348. The van der Waals surface area contributed by atoms with Crippen LogP contribution in [0, 0.1) is 5.92 Å². The van der Waals surface area contributed by atoms with Crippen LogP contribution in [0.5, 0.6) is 0 Å². The summed E-state index contributed by atoms with van der Waals surface area (Å²) < 4.78 is 11.2. The molecule has 16 heavy (non-hydrogen) atoms. The van der Waals surface area contributed by atoms with E-state index in [-0.39, 0.29) is 6.29 Å². The van der Waals surface area contributed by atoms with Gasteiger partial charge >= 0.3 is 0 Å². The second kappa shape index (κ2) is 5.28. The van der Waals surface area contributed by atoms with Crippen molar-refractivity contribution in [3.8, 4) is 0 Å². The first-order chi connectivity index (χ1) is 7.77. The molecule has 0 amide bonds. The standard InChI is InChI=1S/C14H18O2/c1-11(2)10-13(14-15-8-9-16-14)12-6-4-3-5-7-12/h3-7,10-11,14H,8-9H2,1-2H3/b13-10-. The van der Waals surface area contributed by atoms with E-state index in [0.717, 1.165) is 5.57 Å². The van der Waals surface area contributed by atoms with Crippen LogP contribution in [0.4, 0.5) is 0 Å². The topological polar surface area (TPSA) is 18.5 Å². The third-order valence-electron chi connectivity index (χ3n) is 2.50. The molecule has 0 atom stereocenters. The Balaban J connectivity index is 2.28. The normalized spacial score (nSPS) is 18.3. The van der Waals surface area contributed by atoms with Crippen molar-refractivity contribution in [3.63, 3.8) is 0 Å². The molecule has 0 bridgehead atoms. The lowest BCUT2D eigenvalue weighted by atomic mass is 10.0. The predicted octanol–water partition coefficient (Wildman–Crippen LogP) is 3.10. The fourth-order valence-corrected chi connectivity index (χ4v) is 1.84. The molecule has 1 aromatic rings. The minimum atomic E-state index is -0.190. The number of hydrogen-bond donors (Lipinski definition) is 0. The molecule has 0 unspecified atom stereocenters. The zero-order valence-corrected chi connectivity index (χ0v) is 9.85. The third-order valence-corrected chi connectivity index (χ3v) is 2.50. The first-order valence-corrected chi connectivity index (χ1v) is 5.77. The van der Waals surface area contributed by atoms with Gasteiger partial charge < -0.3 is 9.47 Å². The Labute approximate surface area is 96.9 Å². The molecule has 0 saturated carbocycles. The van der Waals surface area contributed by atoms with Crippen LogP contribution in [0.15, 0.2) is 36.4 Å². The minimum absolute atomic E-state index is 0.190. The molecule has 1 fully saturated rings. The van der Waals surface area contributed by atoms with E-state index in [2.05, 4.69) is 32.1 Å². The van der Waals surface area contributed by atoms with Gasteiger partial charge in [0.1, 0.15) is 0 Å². The molecular formula is C14H18O2. The Morgan fingerprint density at radius 1 is 1.19 bits per heavy atom. The molecule has 2 heteroatoms. The SMILES string of the molecule is CC(C)/C=C(/c1ccccc1)C1OCCO1. The van der Waals surface area contributed by atoms with Crippen LogP contribution in [0.2, 0.25) is 0 Å². The van der Waals surface area contributed by atoms with Crippen LogP contribution in [0.3, 0.4) is 0 Å². The van der Waals surface area contributed by atoms with Gasteiger partial charge in [0.2, 0.25) is 0 Å².